The smallest absolute Gasteiger partial charge is 0.357 e. The van der Waals surface area contributed by atoms with Crippen molar-refractivity contribution < 1.29 is 19.1 Å². The van der Waals surface area contributed by atoms with Crippen LogP contribution in [0.2, 0.25) is 0 Å². The molecule has 19 heavy (non-hydrogen) atoms. The van der Waals surface area contributed by atoms with E-state index >= 15 is 0 Å². The van der Waals surface area contributed by atoms with Gasteiger partial charge < -0.3 is 19.6 Å². The van der Waals surface area contributed by atoms with Gasteiger partial charge in [0.1, 0.15) is 6.26 Å². The molecule has 0 bridgehead atoms. The van der Waals surface area contributed by atoms with Crippen LogP contribution in [0, 0.1) is 0 Å². The Hall–Kier alpha value is -1.60. The first-order chi connectivity index (χ1) is 9.22. The number of fused-ring (bicyclic) bond motifs is 1. The Labute approximate surface area is 110 Å². The molecule has 3 rings (SSSR count). The highest BCUT2D eigenvalue weighted by molar-refractivity contribution is 5.85. The van der Waals surface area contributed by atoms with Crippen molar-refractivity contribution in [2.75, 3.05) is 31.6 Å². The average Bonchev–Trinajstić information content (AvgIpc) is 3.04. The predicted octanol–water partition coefficient (Wildman–Crippen LogP) is 0.648. The summed E-state index contributed by atoms with van der Waals surface area (Å²) in [5, 5.41) is 11.7. The molecule has 3 heterocycles. The number of nitrogens with one attached hydrogen (secondary N) is 1. The van der Waals surface area contributed by atoms with E-state index in [1.54, 1.807) is 0 Å². The van der Waals surface area contributed by atoms with Crippen LogP contribution >= 0.6 is 0 Å². The van der Waals surface area contributed by atoms with Crippen LogP contribution in [0.1, 0.15) is 23.3 Å². The monoisotopic (exact) mass is 267 g/mol. The molecule has 2 aliphatic heterocycles. The molecule has 0 saturated carbocycles. The highest BCUT2D eigenvalue weighted by Crippen LogP contribution is 2.22. The van der Waals surface area contributed by atoms with Crippen molar-refractivity contribution in [3.63, 3.8) is 0 Å². The standard InChI is InChI=1S/C12H17N3O4/c16-11(17)10-7-19-12(14-10)13-4-9-5-15-3-1-2-8(15)6-18-9/h7-9H,1-6H2,(H,13,14)(H,16,17). The van der Waals surface area contributed by atoms with Crippen molar-refractivity contribution in [2.45, 2.75) is 25.0 Å². The number of aromatic carboxylic acids is 1. The molecule has 0 radical (unpaired) electrons. The largest absolute Gasteiger partial charge is 0.476 e. The number of hydrogen-bond acceptors (Lipinski definition) is 6. The van der Waals surface area contributed by atoms with Crippen LogP contribution in [0.25, 0.3) is 0 Å². The van der Waals surface area contributed by atoms with Crippen molar-refractivity contribution in [1.82, 2.24) is 9.88 Å². The van der Waals surface area contributed by atoms with Gasteiger partial charge in [0.2, 0.25) is 0 Å². The third-order valence-electron chi connectivity index (χ3n) is 3.67. The summed E-state index contributed by atoms with van der Waals surface area (Å²) in [6, 6.07) is 0.807. The van der Waals surface area contributed by atoms with Crippen LogP contribution in [0.15, 0.2) is 10.7 Å². The van der Waals surface area contributed by atoms with Gasteiger partial charge in [-0.25, -0.2) is 4.79 Å². The van der Waals surface area contributed by atoms with Crippen LogP contribution in [-0.2, 0) is 4.74 Å². The van der Waals surface area contributed by atoms with Crippen LogP contribution < -0.4 is 5.32 Å². The Morgan fingerprint density at radius 3 is 3.32 bits per heavy atom. The van der Waals surface area contributed by atoms with Gasteiger partial charge in [-0.2, -0.15) is 4.98 Å². The molecular weight excluding hydrogens is 250 g/mol. The zero-order valence-corrected chi connectivity index (χ0v) is 10.5. The van der Waals surface area contributed by atoms with Crippen molar-refractivity contribution >= 4 is 12.0 Å². The lowest BCUT2D eigenvalue weighted by molar-refractivity contribution is -0.0417. The van der Waals surface area contributed by atoms with Crippen LogP contribution in [0.3, 0.4) is 0 Å². The third-order valence-corrected chi connectivity index (χ3v) is 3.67. The summed E-state index contributed by atoms with van der Waals surface area (Å²) in [7, 11) is 0. The van der Waals surface area contributed by atoms with Gasteiger partial charge in [0.25, 0.3) is 6.01 Å². The summed E-state index contributed by atoms with van der Waals surface area (Å²) in [4.78, 5) is 16.9. The van der Waals surface area contributed by atoms with Gasteiger partial charge in [-0.05, 0) is 19.4 Å². The molecule has 2 saturated heterocycles. The number of ether oxygens (including phenoxy) is 1. The van der Waals surface area contributed by atoms with Crippen molar-refractivity contribution in [3.8, 4) is 0 Å². The highest BCUT2D eigenvalue weighted by Gasteiger charge is 2.32. The molecule has 1 aromatic rings. The maximum atomic E-state index is 10.7. The summed E-state index contributed by atoms with van der Waals surface area (Å²) in [6.07, 6.45) is 3.69. The van der Waals surface area contributed by atoms with E-state index in [0.717, 1.165) is 26.0 Å². The fourth-order valence-corrected chi connectivity index (χ4v) is 2.66. The topological polar surface area (TPSA) is 87.8 Å². The van der Waals surface area contributed by atoms with E-state index in [0.29, 0.717) is 12.6 Å². The average molecular weight is 267 g/mol. The van der Waals surface area contributed by atoms with Gasteiger partial charge >= 0.3 is 5.97 Å². The van der Waals surface area contributed by atoms with Gasteiger partial charge in [0.05, 0.1) is 12.7 Å². The van der Waals surface area contributed by atoms with Gasteiger partial charge in [0.15, 0.2) is 5.69 Å². The Bertz CT molecular complexity index is 462. The molecule has 2 atom stereocenters. The quantitative estimate of drug-likeness (QED) is 0.828. The molecule has 2 aliphatic rings. The summed E-state index contributed by atoms with van der Waals surface area (Å²) in [5.74, 6) is -1.09. The number of morpholine rings is 1. The first-order valence-corrected chi connectivity index (χ1v) is 6.51. The third kappa shape index (κ3) is 2.71. The number of aromatic nitrogens is 1. The van der Waals surface area contributed by atoms with Crippen LogP contribution in [-0.4, -0.2) is 59.3 Å². The molecule has 1 aromatic heterocycles. The number of anilines is 1. The first-order valence-electron chi connectivity index (χ1n) is 6.51. The lowest BCUT2D eigenvalue weighted by atomic mass is 10.2. The zero-order chi connectivity index (χ0) is 13.2. The summed E-state index contributed by atoms with van der Waals surface area (Å²) in [5.41, 5.74) is -0.0910. The minimum absolute atomic E-state index is 0.0910. The first kappa shape index (κ1) is 12.4. The van der Waals surface area contributed by atoms with Crippen molar-refractivity contribution in [2.24, 2.45) is 0 Å². The Kier molecular flexibility index (Phi) is 3.39. The Morgan fingerprint density at radius 2 is 2.53 bits per heavy atom. The zero-order valence-electron chi connectivity index (χ0n) is 10.5. The Balaban J connectivity index is 1.50. The number of nitrogens with zero attached hydrogens (tertiary/aromatic N) is 2. The lowest BCUT2D eigenvalue weighted by Gasteiger charge is -2.35. The minimum atomic E-state index is -1.09. The second-order valence-electron chi connectivity index (χ2n) is 4.97. The van der Waals surface area contributed by atoms with E-state index in [1.165, 1.54) is 12.8 Å². The second kappa shape index (κ2) is 5.18. The van der Waals surface area contributed by atoms with Gasteiger partial charge in [-0.1, -0.05) is 0 Å². The number of carboxylic acids is 1. The molecule has 7 nitrogen and oxygen atoms in total. The lowest BCUT2D eigenvalue weighted by Crippen LogP contribution is -2.48. The molecule has 0 aromatic carbocycles. The Morgan fingerprint density at radius 1 is 1.63 bits per heavy atom. The van der Waals surface area contributed by atoms with Crippen LogP contribution in [0.5, 0.6) is 0 Å². The second-order valence-corrected chi connectivity index (χ2v) is 4.97. The van der Waals surface area contributed by atoms with E-state index < -0.39 is 5.97 Å². The number of carboxylic acid groups (broad SMARTS) is 1. The van der Waals surface area contributed by atoms with Crippen molar-refractivity contribution in [1.29, 1.82) is 0 Å². The van der Waals surface area contributed by atoms with E-state index in [2.05, 4.69) is 15.2 Å². The molecule has 2 N–H and O–H groups in total. The molecule has 0 amide bonds. The molecule has 2 fully saturated rings. The van der Waals surface area contributed by atoms with E-state index in [-0.39, 0.29) is 17.8 Å². The number of hydrogen-bond donors (Lipinski definition) is 2. The predicted molar refractivity (Wildman–Crippen MR) is 66.3 cm³/mol. The fraction of sp³-hybridized carbons (Fsp3) is 0.667. The minimum Gasteiger partial charge on any atom is -0.476 e. The highest BCUT2D eigenvalue weighted by atomic mass is 16.5. The van der Waals surface area contributed by atoms with Crippen LogP contribution in [0.4, 0.5) is 6.01 Å². The van der Waals surface area contributed by atoms with E-state index in [4.69, 9.17) is 14.3 Å². The maximum absolute atomic E-state index is 10.7. The maximum Gasteiger partial charge on any atom is 0.357 e. The molecule has 0 spiro atoms. The number of oxazole rings is 1. The van der Waals surface area contributed by atoms with Gasteiger partial charge in [-0.15, -0.1) is 0 Å². The number of rotatable bonds is 4. The summed E-state index contributed by atoms with van der Waals surface area (Å²) >= 11 is 0. The van der Waals surface area contributed by atoms with E-state index in [1.807, 2.05) is 0 Å². The molecule has 0 aliphatic carbocycles. The summed E-state index contributed by atoms with van der Waals surface area (Å²) < 4.78 is 10.8. The summed E-state index contributed by atoms with van der Waals surface area (Å²) in [6.45, 7) is 3.40. The fourth-order valence-electron chi connectivity index (χ4n) is 2.66. The van der Waals surface area contributed by atoms with Gasteiger partial charge in [0, 0.05) is 19.1 Å². The van der Waals surface area contributed by atoms with Crippen molar-refractivity contribution in [3.05, 3.63) is 12.0 Å². The molecule has 104 valence electrons. The molecule has 7 heteroatoms. The van der Waals surface area contributed by atoms with Gasteiger partial charge in [-0.3, -0.25) is 4.90 Å². The van der Waals surface area contributed by atoms with E-state index in [9.17, 15) is 4.79 Å². The molecular formula is C12H17N3O4. The normalized spacial score (nSPS) is 27.2. The molecule has 2 unspecified atom stereocenters. The SMILES string of the molecule is O=C(O)c1coc(NCC2CN3CCCC3CO2)n1. The number of carbonyl (C=O) groups is 1.